The van der Waals surface area contributed by atoms with E-state index >= 15 is 0 Å². The summed E-state index contributed by atoms with van der Waals surface area (Å²) in [6.07, 6.45) is 1.57. The Morgan fingerprint density at radius 1 is 1.09 bits per heavy atom. The maximum atomic E-state index is 12.3. The van der Waals surface area contributed by atoms with Gasteiger partial charge in [-0.05, 0) is 30.3 Å². The minimum atomic E-state index is -0.264. The van der Waals surface area contributed by atoms with Crippen molar-refractivity contribution < 1.29 is 9.53 Å². The lowest BCUT2D eigenvalue weighted by molar-refractivity contribution is 0.101. The van der Waals surface area contributed by atoms with E-state index in [9.17, 15) is 4.79 Å². The van der Waals surface area contributed by atoms with Crippen LogP contribution in [0.2, 0.25) is 5.02 Å². The number of hydrogen-bond donors (Lipinski definition) is 1. The fraction of sp³-hybridized carbons (Fsp3) is 0.0588. The molecule has 1 N–H and O–H groups in total. The third-order valence-electron chi connectivity index (χ3n) is 3.25. The minimum absolute atomic E-state index is 0.264. The van der Waals surface area contributed by atoms with E-state index in [-0.39, 0.29) is 5.91 Å². The number of rotatable bonds is 4. The van der Waals surface area contributed by atoms with Gasteiger partial charge in [-0.15, -0.1) is 0 Å². The maximum absolute atomic E-state index is 12.3. The zero-order chi connectivity index (χ0) is 16.2. The van der Waals surface area contributed by atoms with E-state index in [4.69, 9.17) is 16.3 Å². The van der Waals surface area contributed by atoms with Gasteiger partial charge in [0.05, 0.1) is 10.7 Å². The van der Waals surface area contributed by atoms with Crippen LogP contribution in [0.4, 0.5) is 5.69 Å². The molecule has 3 rings (SSSR count). The highest BCUT2D eigenvalue weighted by atomic mass is 35.5. The lowest BCUT2D eigenvalue weighted by Gasteiger charge is -2.13. The zero-order valence-electron chi connectivity index (χ0n) is 12.4. The fourth-order valence-corrected chi connectivity index (χ4v) is 2.26. The van der Waals surface area contributed by atoms with Crippen LogP contribution < -0.4 is 10.1 Å². The second-order valence-electron chi connectivity index (χ2n) is 4.82. The van der Waals surface area contributed by atoms with Crippen LogP contribution in [0.15, 0.2) is 60.8 Å². The molecular weight excluding hydrogens is 314 g/mol. The average molecular weight is 328 g/mol. The van der Waals surface area contributed by atoms with Crippen molar-refractivity contribution in [2.24, 2.45) is 7.05 Å². The van der Waals surface area contributed by atoms with Gasteiger partial charge in [0.1, 0.15) is 11.4 Å². The van der Waals surface area contributed by atoms with Crippen molar-refractivity contribution in [3.63, 3.8) is 0 Å². The Morgan fingerprint density at radius 3 is 2.48 bits per heavy atom. The summed E-state index contributed by atoms with van der Waals surface area (Å²) in [4.78, 5) is 12.3. The van der Waals surface area contributed by atoms with Crippen LogP contribution in [0.3, 0.4) is 0 Å². The molecule has 6 heteroatoms. The molecule has 1 heterocycles. The van der Waals surface area contributed by atoms with Crippen molar-refractivity contribution in [1.82, 2.24) is 9.78 Å². The van der Waals surface area contributed by atoms with E-state index in [0.29, 0.717) is 27.9 Å². The molecule has 0 aliphatic heterocycles. The van der Waals surface area contributed by atoms with Gasteiger partial charge < -0.3 is 10.1 Å². The molecule has 0 saturated heterocycles. The molecule has 0 aliphatic carbocycles. The molecule has 0 aliphatic rings. The number of aryl methyl sites for hydroxylation is 1. The SMILES string of the molecule is Cn1nccc1C(=O)Nc1ccccc1Oc1ccccc1Cl. The molecule has 2 aromatic carbocycles. The number of ether oxygens (including phenoxy) is 1. The second kappa shape index (κ2) is 6.54. The summed E-state index contributed by atoms with van der Waals surface area (Å²) >= 11 is 6.11. The molecule has 0 spiro atoms. The van der Waals surface area contributed by atoms with Crippen molar-refractivity contribution in [3.8, 4) is 11.5 Å². The number of halogens is 1. The standard InChI is InChI=1S/C17H14ClN3O2/c1-21-14(10-11-19-21)17(22)20-13-7-3-5-9-16(13)23-15-8-4-2-6-12(15)18/h2-11H,1H3,(H,20,22). The van der Waals surface area contributed by atoms with Gasteiger partial charge in [-0.3, -0.25) is 9.48 Å². The zero-order valence-corrected chi connectivity index (χ0v) is 13.1. The summed E-state index contributed by atoms with van der Waals surface area (Å²) in [5.74, 6) is 0.771. The van der Waals surface area contributed by atoms with Crippen molar-refractivity contribution in [2.45, 2.75) is 0 Å². The highest BCUT2D eigenvalue weighted by Gasteiger charge is 2.13. The molecule has 0 bridgehead atoms. The lowest BCUT2D eigenvalue weighted by atomic mass is 10.2. The molecule has 3 aromatic rings. The predicted octanol–water partition coefficient (Wildman–Crippen LogP) is 4.12. The minimum Gasteiger partial charge on any atom is -0.454 e. The first-order valence-corrected chi connectivity index (χ1v) is 7.34. The summed E-state index contributed by atoms with van der Waals surface area (Å²) in [5.41, 5.74) is 1.01. The Labute approximate surface area is 138 Å². The Kier molecular flexibility index (Phi) is 4.30. The molecule has 1 amide bonds. The summed E-state index contributed by atoms with van der Waals surface area (Å²) in [5, 5.41) is 7.31. The molecule has 0 saturated carbocycles. The first-order chi connectivity index (χ1) is 11.1. The average Bonchev–Trinajstić information content (AvgIpc) is 2.97. The van der Waals surface area contributed by atoms with E-state index in [0.717, 1.165) is 0 Å². The number of nitrogens with one attached hydrogen (secondary N) is 1. The van der Waals surface area contributed by atoms with E-state index in [1.165, 1.54) is 4.68 Å². The Hall–Kier alpha value is -2.79. The van der Waals surface area contributed by atoms with Crippen LogP contribution in [0.1, 0.15) is 10.5 Å². The summed E-state index contributed by atoms with van der Waals surface area (Å²) in [6.45, 7) is 0. The van der Waals surface area contributed by atoms with E-state index in [2.05, 4.69) is 10.4 Å². The molecule has 0 fully saturated rings. The van der Waals surface area contributed by atoms with Crippen molar-refractivity contribution in [1.29, 1.82) is 0 Å². The third-order valence-corrected chi connectivity index (χ3v) is 3.56. The number of para-hydroxylation sites is 3. The number of amides is 1. The quantitative estimate of drug-likeness (QED) is 0.784. The maximum Gasteiger partial charge on any atom is 0.274 e. The summed E-state index contributed by atoms with van der Waals surface area (Å²) < 4.78 is 7.33. The molecule has 5 nitrogen and oxygen atoms in total. The number of hydrogen-bond acceptors (Lipinski definition) is 3. The van der Waals surface area contributed by atoms with Gasteiger partial charge in [0.15, 0.2) is 5.75 Å². The van der Waals surface area contributed by atoms with Gasteiger partial charge in [0.2, 0.25) is 0 Å². The topological polar surface area (TPSA) is 56.2 Å². The largest absolute Gasteiger partial charge is 0.454 e. The molecule has 0 atom stereocenters. The van der Waals surface area contributed by atoms with Crippen molar-refractivity contribution in [3.05, 3.63) is 71.5 Å². The van der Waals surface area contributed by atoms with Crippen LogP contribution >= 0.6 is 11.6 Å². The predicted molar refractivity (Wildman–Crippen MR) is 89.1 cm³/mol. The molecule has 0 radical (unpaired) electrons. The number of carbonyl (C=O) groups excluding carboxylic acids is 1. The van der Waals surface area contributed by atoms with Crippen LogP contribution in [0.5, 0.6) is 11.5 Å². The number of benzene rings is 2. The first kappa shape index (κ1) is 15.1. The normalized spacial score (nSPS) is 10.3. The van der Waals surface area contributed by atoms with E-state index in [1.807, 2.05) is 24.3 Å². The van der Waals surface area contributed by atoms with Crippen LogP contribution in [0.25, 0.3) is 0 Å². The number of aromatic nitrogens is 2. The van der Waals surface area contributed by atoms with E-state index in [1.54, 1.807) is 43.6 Å². The Morgan fingerprint density at radius 2 is 1.78 bits per heavy atom. The molecule has 116 valence electrons. The Bertz CT molecular complexity index is 845. The highest BCUT2D eigenvalue weighted by molar-refractivity contribution is 6.32. The molecule has 0 unspecified atom stereocenters. The van der Waals surface area contributed by atoms with Crippen molar-refractivity contribution >= 4 is 23.2 Å². The van der Waals surface area contributed by atoms with Crippen LogP contribution in [0, 0.1) is 0 Å². The number of nitrogens with zero attached hydrogens (tertiary/aromatic N) is 2. The molecule has 1 aromatic heterocycles. The van der Waals surface area contributed by atoms with Gasteiger partial charge >= 0.3 is 0 Å². The van der Waals surface area contributed by atoms with Crippen LogP contribution in [-0.4, -0.2) is 15.7 Å². The molecular formula is C17H14ClN3O2. The summed E-state index contributed by atoms with van der Waals surface area (Å²) in [6, 6.07) is 16.0. The van der Waals surface area contributed by atoms with Gasteiger partial charge in [-0.1, -0.05) is 35.9 Å². The third kappa shape index (κ3) is 3.35. The van der Waals surface area contributed by atoms with Gasteiger partial charge in [-0.25, -0.2) is 0 Å². The van der Waals surface area contributed by atoms with E-state index < -0.39 is 0 Å². The Balaban J connectivity index is 1.85. The highest BCUT2D eigenvalue weighted by Crippen LogP contribution is 2.33. The number of carbonyl (C=O) groups is 1. The number of anilines is 1. The van der Waals surface area contributed by atoms with Gasteiger partial charge in [0.25, 0.3) is 5.91 Å². The van der Waals surface area contributed by atoms with Crippen LogP contribution in [-0.2, 0) is 7.05 Å². The monoisotopic (exact) mass is 327 g/mol. The van der Waals surface area contributed by atoms with Crippen molar-refractivity contribution in [2.75, 3.05) is 5.32 Å². The first-order valence-electron chi connectivity index (χ1n) is 6.96. The van der Waals surface area contributed by atoms with Gasteiger partial charge in [-0.2, -0.15) is 5.10 Å². The van der Waals surface area contributed by atoms with Gasteiger partial charge in [0, 0.05) is 13.2 Å². The smallest absolute Gasteiger partial charge is 0.274 e. The fourth-order valence-electron chi connectivity index (χ4n) is 2.09. The lowest BCUT2D eigenvalue weighted by Crippen LogP contribution is -2.16. The second-order valence-corrected chi connectivity index (χ2v) is 5.23. The summed E-state index contributed by atoms with van der Waals surface area (Å²) in [7, 11) is 1.71. The molecule has 23 heavy (non-hydrogen) atoms.